The summed E-state index contributed by atoms with van der Waals surface area (Å²) in [5.74, 6) is 1.22. The normalized spacial score (nSPS) is 11.7. The van der Waals surface area contributed by atoms with Gasteiger partial charge in [0.2, 0.25) is 0 Å². The zero-order valence-electron chi connectivity index (χ0n) is 16.0. The molecule has 0 radical (unpaired) electrons. The van der Waals surface area contributed by atoms with Gasteiger partial charge in [0.1, 0.15) is 23.4 Å². The van der Waals surface area contributed by atoms with Crippen molar-refractivity contribution in [2.24, 2.45) is 0 Å². The second-order valence-electron chi connectivity index (χ2n) is 6.68. The highest BCUT2D eigenvalue weighted by molar-refractivity contribution is 5.75. The maximum Gasteiger partial charge on any atom is 0.165 e. The van der Waals surface area contributed by atoms with Crippen molar-refractivity contribution in [2.45, 2.75) is 32.8 Å². The van der Waals surface area contributed by atoms with Crippen molar-refractivity contribution in [3.05, 3.63) is 89.7 Å². The molecule has 0 aromatic heterocycles. The van der Waals surface area contributed by atoms with Gasteiger partial charge in [0.25, 0.3) is 0 Å². The quantitative estimate of drug-likeness (QED) is 0.463. The van der Waals surface area contributed by atoms with Crippen LogP contribution in [-0.4, -0.2) is 5.78 Å². The minimum Gasteiger partial charge on any atom is -0.483 e. The molecule has 0 bridgehead atoms. The van der Waals surface area contributed by atoms with Crippen LogP contribution >= 0.6 is 0 Å². The number of ketones is 1. The Morgan fingerprint density at radius 1 is 0.964 bits per heavy atom. The second-order valence-corrected chi connectivity index (χ2v) is 6.68. The van der Waals surface area contributed by atoms with E-state index in [0.717, 1.165) is 16.9 Å². The molecular weight excluding hydrogens is 355 g/mol. The lowest BCUT2D eigenvalue weighted by Crippen LogP contribution is -2.06. The van der Waals surface area contributed by atoms with E-state index in [1.165, 1.54) is 13.0 Å². The molecule has 4 heteroatoms. The summed E-state index contributed by atoms with van der Waals surface area (Å²) in [4.78, 5) is 11.1. The Kier molecular flexibility index (Phi) is 6.43. The summed E-state index contributed by atoms with van der Waals surface area (Å²) in [5.41, 5.74) is 1.60. The first-order chi connectivity index (χ1) is 13.5. The number of ether oxygens (including phenoxy) is 2. The van der Waals surface area contributed by atoms with Crippen molar-refractivity contribution in [1.82, 2.24) is 0 Å². The first kappa shape index (κ1) is 19.6. The molecule has 28 heavy (non-hydrogen) atoms. The van der Waals surface area contributed by atoms with Gasteiger partial charge in [0.05, 0.1) is 0 Å². The van der Waals surface area contributed by atoms with Crippen LogP contribution in [0, 0.1) is 5.82 Å². The number of carbonyl (C=O) groups excluding carboxylic acids is 1. The molecule has 0 fully saturated rings. The number of Topliss-reactive ketones (excluding diaryl/α,β-unsaturated/α-hetero) is 1. The van der Waals surface area contributed by atoms with Crippen LogP contribution in [0.4, 0.5) is 4.39 Å². The average Bonchev–Trinajstić information content (AvgIpc) is 2.69. The Labute approximate surface area is 164 Å². The minimum atomic E-state index is -0.436. The Hall–Kier alpha value is -3.14. The summed E-state index contributed by atoms with van der Waals surface area (Å²) in [6.07, 6.45) is 0.522. The standard InChI is InChI=1S/C24H23FO3/c1-17(26)12-13-19-14-15-24(22(25)16-19)27-18(2)21-10-6-7-11-23(21)28-20-8-4-3-5-9-20/h3-11,14-16,18H,12-13H2,1-2H3. The van der Waals surface area contributed by atoms with Crippen LogP contribution in [0.25, 0.3) is 0 Å². The van der Waals surface area contributed by atoms with E-state index in [9.17, 15) is 9.18 Å². The molecule has 0 heterocycles. The molecule has 1 atom stereocenters. The van der Waals surface area contributed by atoms with E-state index in [2.05, 4.69) is 0 Å². The number of rotatable bonds is 8. The zero-order chi connectivity index (χ0) is 19.9. The highest BCUT2D eigenvalue weighted by atomic mass is 19.1. The number of halogens is 1. The fraction of sp³-hybridized carbons (Fsp3) is 0.208. The van der Waals surface area contributed by atoms with Crippen molar-refractivity contribution >= 4 is 5.78 Å². The van der Waals surface area contributed by atoms with Gasteiger partial charge in [0, 0.05) is 12.0 Å². The van der Waals surface area contributed by atoms with E-state index in [1.807, 2.05) is 61.5 Å². The highest BCUT2D eigenvalue weighted by Crippen LogP contribution is 2.33. The molecule has 3 aromatic rings. The summed E-state index contributed by atoms with van der Waals surface area (Å²) in [6, 6.07) is 21.9. The van der Waals surface area contributed by atoms with Crippen molar-refractivity contribution in [2.75, 3.05) is 0 Å². The third-order valence-corrected chi connectivity index (χ3v) is 4.39. The molecule has 0 aliphatic rings. The van der Waals surface area contributed by atoms with Gasteiger partial charge in [0.15, 0.2) is 11.6 Å². The number of aryl methyl sites for hydroxylation is 1. The van der Waals surface area contributed by atoms with Gasteiger partial charge in [-0.2, -0.15) is 0 Å². The third kappa shape index (κ3) is 5.19. The molecule has 144 valence electrons. The van der Waals surface area contributed by atoms with Crippen LogP contribution in [0.2, 0.25) is 0 Å². The Morgan fingerprint density at radius 3 is 2.39 bits per heavy atom. The summed E-state index contributed by atoms with van der Waals surface area (Å²) in [6.45, 7) is 3.39. The fourth-order valence-electron chi connectivity index (χ4n) is 2.89. The fourth-order valence-corrected chi connectivity index (χ4v) is 2.89. The first-order valence-electron chi connectivity index (χ1n) is 9.29. The van der Waals surface area contributed by atoms with Crippen LogP contribution in [-0.2, 0) is 11.2 Å². The van der Waals surface area contributed by atoms with E-state index < -0.39 is 11.9 Å². The maximum absolute atomic E-state index is 14.5. The monoisotopic (exact) mass is 378 g/mol. The molecule has 0 saturated carbocycles. The van der Waals surface area contributed by atoms with E-state index in [1.54, 1.807) is 12.1 Å². The summed E-state index contributed by atoms with van der Waals surface area (Å²) >= 11 is 0. The van der Waals surface area contributed by atoms with Crippen LogP contribution in [0.5, 0.6) is 17.2 Å². The molecule has 0 aliphatic carbocycles. The summed E-state index contributed by atoms with van der Waals surface area (Å²) in [7, 11) is 0. The summed E-state index contributed by atoms with van der Waals surface area (Å²) in [5, 5.41) is 0. The molecule has 0 spiro atoms. The van der Waals surface area contributed by atoms with Gasteiger partial charge in [-0.05, 0) is 56.2 Å². The molecule has 3 rings (SSSR count). The van der Waals surface area contributed by atoms with E-state index >= 15 is 0 Å². The number of hydrogen-bond acceptors (Lipinski definition) is 3. The van der Waals surface area contributed by atoms with E-state index in [4.69, 9.17) is 9.47 Å². The second kappa shape index (κ2) is 9.18. The molecule has 3 aromatic carbocycles. The molecule has 0 amide bonds. The van der Waals surface area contributed by atoms with Crippen molar-refractivity contribution in [3.63, 3.8) is 0 Å². The van der Waals surface area contributed by atoms with Crippen LogP contribution < -0.4 is 9.47 Å². The molecule has 0 aliphatic heterocycles. The largest absolute Gasteiger partial charge is 0.483 e. The van der Waals surface area contributed by atoms with Crippen LogP contribution in [0.15, 0.2) is 72.8 Å². The van der Waals surface area contributed by atoms with Gasteiger partial charge in [-0.25, -0.2) is 4.39 Å². The lowest BCUT2D eigenvalue weighted by molar-refractivity contribution is -0.116. The lowest BCUT2D eigenvalue weighted by Gasteiger charge is -2.19. The molecule has 1 unspecified atom stereocenters. The maximum atomic E-state index is 14.5. The first-order valence-corrected chi connectivity index (χ1v) is 9.29. The number of hydrogen-bond donors (Lipinski definition) is 0. The van der Waals surface area contributed by atoms with Gasteiger partial charge < -0.3 is 14.3 Å². The Bertz CT molecular complexity index is 938. The Balaban J connectivity index is 1.74. The number of benzene rings is 3. The molecular formula is C24H23FO3. The third-order valence-electron chi connectivity index (χ3n) is 4.39. The van der Waals surface area contributed by atoms with Gasteiger partial charge >= 0.3 is 0 Å². The zero-order valence-corrected chi connectivity index (χ0v) is 16.0. The lowest BCUT2D eigenvalue weighted by atomic mass is 10.1. The number of carbonyl (C=O) groups is 1. The Morgan fingerprint density at radius 2 is 1.68 bits per heavy atom. The van der Waals surface area contributed by atoms with Gasteiger partial charge in [-0.15, -0.1) is 0 Å². The SMILES string of the molecule is CC(=O)CCc1ccc(OC(C)c2ccccc2Oc2ccccc2)c(F)c1. The molecule has 0 saturated heterocycles. The van der Waals surface area contributed by atoms with Crippen molar-refractivity contribution in [1.29, 1.82) is 0 Å². The topological polar surface area (TPSA) is 35.5 Å². The van der Waals surface area contributed by atoms with Gasteiger partial charge in [-0.3, -0.25) is 0 Å². The predicted octanol–water partition coefficient (Wildman–Crippen LogP) is 6.28. The van der Waals surface area contributed by atoms with Crippen molar-refractivity contribution < 1.29 is 18.7 Å². The smallest absolute Gasteiger partial charge is 0.165 e. The predicted molar refractivity (Wildman–Crippen MR) is 107 cm³/mol. The minimum absolute atomic E-state index is 0.0874. The number of para-hydroxylation sites is 2. The molecule has 3 nitrogen and oxygen atoms in total. The van der Waals surface area contributed by atoms with Gasteiger partial charge in [-0.1, -0.05) is 42.5 Å². The van der Waals surface area contributed by atoms with Crippen LogP contribution in [0.1, 0.15) is 37.5 Å². The van der Waals surface area contributed by atoms with Crippen LogP contribution in [0.3, 0.4) is 0 Å². The highest BCUT2D eigenvalue weighted by Gasteiger charge is 2.16. The van der Waals surface area contributed by atoms with Crippen molar-refractivity contribution in [3.8, 4) is 17.2 Å². The summed E-state index contributed by atoms with van der Waals surface area (Å²) < 4.78 is 26.3. The van der Waals surface area contributed by atoms with E-state index in [0.29, 0.717) is 18.6 Å². The molecule has 0 N–H and O–H groups in total. The van der Waals surface area contributed by atoms with E-state index in [-0.39, 0.29) is 11.5 Å². The average molecular weight is 378 g/mol.